The Bertz CT molecular complexity index is 1520. The summed E-state index contributed by atoms with van der Waals surface area (Å²) in [4.78, 5) is 28.0. The van der Waals surface area contributed by atoms with Gasteiger partial charge in [-0.15, -0.1) is 11.3 Å². The van der Waals surface area contributed by atoms with E-state index in [1.807, 2.05) is 13.1 Å². The number of hydrogen-bond donors (Lipinski definition) is 1. The first-order valence-electron chi connectivity index (χ1n) is 13.0. The summed E-state index contributed by atoms with van der Waals surface area (Å²) in [6.45, 7) is 8.26. The number of rotatable bonds is 8. The zero-order chi connectivity index (χ0) is 27.5. The van der Waals surface area contributed by atoms with Crippen molar-refractivity contribution in [1.29, 1.82) is 5.26 Å². The second-order valence-electron chi connectivity index (χ2n) is 9.60. The number of aryl methyl sites for hydroxylation is 1. The summed E-state index contributed by atoms with van der Waals surface area (Å²) in [5.74, 6) is 0.659. The number of benzene rings is 1. The summed E-state index contributed by atoms with van der Waals surface area (Å²) in [5.41, 5.74) is 4.23. The van der Waals surface area contributed by atoms with E-state index in [1.165, 1.54) is 23.5 Å². The quantitative estimate of drug-likeness (QED) is 0.354. The van der Waals surface area contributed by atoms with E-state index in [4.69, 9.17) is 4.98 Å². The molecule has 9 nitrogen and oxygen atoms in total. The number of anilines is 2. The first-order valence-corrected chi connectivity index (χ1v) is 13.8. The number of aromatic nitrogens is 3. The Morgan fingerprint density at radius 2 is 1.90 bits per heavy atom. The van der Waals surface area contributed by atoms with Crippen molar-refractivity contribution in [2.75, 3.05) is 50.1 Å². The highest BCUT2D eigenvalue weighted by Gasteiger charge is 2.21. The minimum absolute atomic E-state index is 0.0722. The number of hydrogen-bond acceptors (Lipinski definition) is 8. The summed E-state index contributed by atoms with van der Waals surface area (Å²) in [6, 6.07) is 12.4. The first kappa shape index (κ1) is 26.6. The SMILES string of the molecule is CCc1nc2ccc(N3CCN(CN(C)C(C)=O)CC3)cn2c1NCc1nc(-c2ccc(F)cc2)c(C#N)s1. The maximum absolute atomic E-state index is 13.4. The molecule has 5 rings (SSSR count). The molecular weight excluding hydrogens is 515 g/mol. The highest BCUT2D eigenvalue weighted by Crippen LogP contribution is 2.29. The lowest BCUT2D eigenvalue weighted by Crippen LogP contribution is -2.50. The summed E-state index contributed by atoms with van der Waals surface area (Å²) in [7, 11) is 1.83. The van der Waals surface area contributed by atoms with Crippen molar-refractivity contribution in [3.8, 4) is 17.3 Å². The first-order chi connectivity index (χ1) is 18.9. The number of thiazole rings is 1. The van der Waals surface area contributed by atoms with Gasteiger partial charge in [0, 0.05) is 51.9 Å². The van der Waals surface area contributed by atoms with Crippen molar-refractivity contribution in [3.05, 3.63) is 64.0 Å². The minimum Gasteiger partial charge on any atom is -0.368 e. The normalized spacial score (nSPS) is 14.0. The van der Waals surface area contributed by atoms with E-state index in [1.54, 1.807) is 24.0 Å². The smallest absolute Gasteiger partial charge is 0.220 e. The molecule has 1 amide bonds. The average molecular weight is 547 g/mol. The second kappa shape index (κ2) is 11.4. The van der Waals surface area contributed by atoms with E-state index in [9.17, 15) is 14.4 Å². The number of piperazine rings is 1. The van der Waals surface area contributed by atoms with Crippen molar-refractivity contribution < 1.29 is 9.18 Å². The standard InChI is InChI=1S/C28H31FN8OS/c1-4-23-28(31-16-26-33-27(24(15-30)39-26)20-5-7-21(29)8-6-20)37-17-22(9-10-25(37)32-23)36-13-11-35(12-14-36)18-34(3)19(2)38/h5-10,17,31H,4,11-14,16,18H2,1-3H3. The van der Waals surface area contributed by atoms with E-state index in [-0.39, 0.29) is 11.7 Å². The van der Waals surface area contributed by atoms with Crippen LogP contribution in [-0.4, -0.2) is 70.0 Å². The third kappa shape index (κ3) is 5.72. The molecular formula is C28H31FN8OS. The van der Waals surface area contributed by atoms with E-state index in [0.717, 1.165) is 66.0 Å². The Labute approximate surface area is 231 Å². The lowest BCUT2D eigenvalue weighted by atomic mass is 10.1. The van der Waals surface area contributed by atoms with Crippen LogP contribution in [0.2, 0.25) is 0 Å². The second-order valence-corrected chi connectivity index (χ2v) is 10.7. The van der Waals surface area contributed by atoms with E-state index in [0.29, 0.717) is 23.8 Å². The highest BCUT2D eigenvalue weighted by molar-refractivity contribution is 7.12. The van der Waals surface area contributed by atoms with Gasteiger partial charge in [-0.3, -0.25) is 14.1 Å². The number of pyridine rings is 1. The number of amides is 1. The molecule has 1 saturated heterocycles. The topological polar surface area (TPSA) is 92.8 Å². The molecule has 0 radical (unpaired) electrons. The van der Waals surface area contributed by atoms with Gasteiger partial charge in [0.25, 0.3) is 0 Å². The van der Waals surface area contributed by atoms with E-state index < -0.39 is 0 Å². The Morgan fingerprint density at radius 3 is 2.56 bits per heavy atom. The van der Waals surface area contributed by atoms with Crippen LogP contribution in [0.15, 0.2) is 42.6 Å². The van der Waals surface area contributed by atoms with E-state index >= 15 is 0 Å². The van der Waals surface area contributed by atoms with Crippen LogP contribution >= 0.6 is 11.3 Å². The van der Waals surface area contributed by atoms with Crippen LogP contribution in [-0.2, 0) is 17.8 Å². The summed E-state index contributed by atoms with van der Waals surface area (Å²) in [6.07, 6.45) is 2.89. The summed E-state index contributed by atoms with van der Waals surface area (Å²) < 4.78 is 15.5. The van der Waals surface area contributed by atoms with Gasteiger partial charge in [-0.1, -0.05) is 6.92 Å². The van der Waals surface area contributed by atoms with Crippen LogP contribution in [0.3, 0.4) is 0 Å². The maximum atomic E-state index is 13.4. The molecule has 0 unspecified atom stereocenters. The molecule has 202 valence electrons. The Kier molecular flexibility index (Phi) is 7.77. The van der Waals surface area contributed by atoms with Gasteiger partial charge >= 0.3 is 0 Å². The highest BCUT2D eigenvalue weighted by atomic mass is 32.1. The number of nitriles is 1. The maximum Gasteiger partial charge on any atom is 0.220 e. The summed E-state index contributed by atoms with van der Waals surface area (Å²) >= 11 is 1.34. The summed E-state index contributed by atoms with van der Waals surface area (Å²) in [5, 5.41) is 13.9. The minimum atomic E-state index is -0.323. The largest absolute Gasteiger partial charge is 0.368 e. The van der Waals surface area contributed by atoms with Gasteiger partial charge in [0.05, 0.1) is 30.3 Å². The Balaban J connectivity index is 1.33. The Morgan fingerprint density at radius 1 is 1.15 bits per heavy atom. The fourth-order valence-corrected chi connectivity index (χ4v) is 5.55. The van der Waals surface area contributed by atoms with Crippen molar-refractivity contribution in [1.82, 2.24) is 24.2 Å². The van der Waals surface area contributed by atoms with Crippen LogP contribution in [0.5, 0.6) is 0 Å². The lowest BCUT2D eigenvalue weighted by molar-refractivity contribution is -0.129. The number of carbonyl (C=O) groups is 1. The fourth-order valence-electron chi connectivity index (χ4n) is 4.73. The van der Waals surface area contributed by atoms with E-state index in [2.05, 4.69) is 49.8 Å². The number of carbonyl (C=O) groups excluding carboxylic acids is 1. The Hall–Kier alpha value is -4.01. The van der Waals surface area contributed by atoms with Crippen molar-refractivity contribution >= 4 is 34.4 Å². The van der Waals surface area contributed by atoms with Gasteiger partial charge in [0.2, 0.25) is 5.91 Å². The van der Waals surface area contributed by atoms with Gasteiger partial charge in [0.15, 0.2) is 0 Å². The molecule has 1 fully saturated rings. The van der Waals surface area contributed by atoms with Gasteiger partial charge in [0.1, 0.15) is 33.2 Å². The number of halogens is 1. The third-order valence-corrected chi connectivity index (χ3v) is 7.95. The van der Waals surface area contributed by atoms with Crippen LogP contribution in [0.25, 0.3) is 16.9 Å². The van der Waals surface area contributed by atoms with Crippen molar-refractivity contribution in [2.45, 2.75) is 26.8 Å². The molecule has 11 heteroatoms. The molecule has 1 aromatic carbocycles. The number of fused-ring (bicyclic) bond motifs is 1. The number of nitrogens with one attached hydrogen (secondary N) is 1. The van der Waals surface area contributed by atoms with Gasteiger partial charge in [-0.05, 0) is 42.8 Å². The molecule has 4 heterocycles. The van der Waals surface area contributed by atoms with Crippen LogP contribution in [0, 0.1) is 17.1 Å². The molecule has 1 aliphatic rings. The average Bonchev–Trinajstić information content (AvgIpc) is 3.53. The van der Waals surface area contributed by atoms with Gasteiger partial charge in [-0.2, -0.15) is 5.26 Å². The lowest BCUT2D eigenvalue weighted by Gasteiger charge is -2.37. The van der Waals surface area contributed by atoms with Crippen LogP contribution < -0.4 is 10.2 Å². The zero-order valence-corrected chi connectivity index (χ0v) is 23.1. The fraction of sp³-hybridized carbons (Fsp3) is 0.357. The predicted octanol–water partition coefficient (Wildman–Crippen LogP) is 4.20. The molecule has 1 N–H and O–H groups in total. The van der Waals surface area contributed by atoms with Crippen molar-refractivity contribution in [3.63, 3.8) is 0 Å². The van der Waals surface area contributed by atoms with Gasteiger partial charge in [-0.25, -0.2) is 14.4 Å². The molecule has 39 heavy (non-hydrogen) atoms. The molecule has 4 aromatic rings. The monoisotopic (exact) mass is 546 g/mol. The number of nitrogens with zero attached hydrogens (tertiary/aromatic N) is 7. The molecule has 0 atom stereocenters. The predicted molar refractivity (Wildman–Crippen MR) is 151 cm³/mol. The van der Waals surface area contributed by atoms with Crippen molar-refractivity contribution in [2.24, 2.45) is 0 Å². The van der Waals surface area contributed by atoms with Crippen LogP contribution in [0.1, 0.15) is 29.4 Å². The molecule has 0 spiro atoms. The molecule has 0 aliphatic carbocycles. The number of imidazole rings is 1. The van der Waals surface area contributed by atoms with Gasteiger partial charge < -0.3 is 15.1 Å². The molecule has 3 aromatic heterocycles. The molecule has 1 aliphatic heterocycles. The third-order valence-electron chi connectivity index (χ3n) is 6.99. The van der Waals surface area contributed by atoms with Crippen LogP contribution in [0.4, 0.5) is 15.9 Å². The molecule has 0 saturated carbocycles. The molecule has 0 bridgehead atoms. The zero-order valence-electron chi connectivity index (χ0n) is 22.3.